The number of nitriles is 1. The van der Waals surface area contributed by atoms with Crippen LogP contribution in [0.15, 0.2) is 47.5 Å². The summed E-state index contributed by atoms with van der Waals surface area (Å²) < 4.78 is 24.7. The van der Waals surface area contributed by atoms with Crippen molar-refractivity contribution in [2.75, 3.05) is 34.4 Å². The van der Waals surface area contributed by atoms with Crippen molar-refractivity contribution in [3.8, 4) is 17.6 Å². The first-order chi connectivity index (χ1) is 13.1. The molecule has 0 radical (unpaired) electrons. The van der Waals surface area contributed by atoms with Gasteiger partial charge >= 0.3 is 0 Å². The molecule has 0 atom stereocenters. The lowest BCUT2D eigenvalue weighted by molar-refractivity contribution is 0.281. The van der Waals surface area contributed by atoms with E-state index in [4.69, 9.17) is 14.7 Å². The predicted octanol–water partition coefficient (Wildman–Crippen LogP) is 2.79. The zero-order valence-electron chi connectivity index (χ0n) is 15.7. The van der Waals surface area contributed by atoms with E-state index in [2.05, 4.69) is 10.3 Å². The van der Waals surface area contributed by atoms with Gasteiger partial charge in [0.1, 0.15) is 23.9 Å². The number of hydrogen-bond donors (Lipinski definition) is 1. The summed E-state index contributed by atoms with van der Waals surface area (Å²) in [7, 11) is 5.14. The zero-order valence-corrected chi connectivity index (χ0v) is 15.7. The van der Waals surface area contributed by atoms with E-state index >= 15 is 0 Å². The zero-order chi connectivity index (χ0) is 19.6. The number of benzene rings is 2. The summed E-state index contributed by atoms with van der Waals surface area (Å²) in [5.74, 6) is 1.77. The van der Waals surface area contributed by atoms with Gasteiger partial charge in [0.2, 0.25) is 0 Å². The molecule has 0 saturated heterocycles. The Morgan fingerprint density at radius 2 is 1.93 bits per heavy atom. The number of nitrogens with zero attached hydrogens (tertiary/aromatic N) is 3. The molecule has 1 N–H and O–H groups in total. The number of hydrogen-bond acceptors (Lipinski definition) is 4. The fourth-order valence-electron chi connectivity index (χ4n) is 2.42. The molecule has 0 heterocycles. The lowest BCUT2D eigenvalue weighted by Gasteiger charge is -2.22. The molecule has 2 aromatic rings. The summed E-state index contributed by atoms with van der Waals surface area (Å²) >= 11 is 0. The van der Waals surface area contributed by atoms with Gasteiger partial charge in [0.25, 0.3) is 0 Å². The number of ether oxygens (including phenoxy) is 2. The third-order valence-electron chi connectivity index (χ3n) is 3.94. The maximum absolute atomic E-state index is 13.9. The van der Waals surface area contributed by atoms with Gasteiger partial charge in [0.05, 0.1) is 25.3 Å². The van der Waals surface area contributed by atoms with Crippen molar-refractivity contribution in [2.24, 2.45) is 4.99 Å². The van der Waals surface area contributed by atoms with E-state index in [1.54, 1.807) is 14.2 Å². The summed E-state index contributed by atoms with van der Waals surface area (Å²) in [6, 6.07) is 13.7. The molecule has 0 aromatic heterocycles. The lowest BCUT2D eigenvalue weighted by Crippen LogP contribution is -2.40. The second kappa shape index (κ2) is 10.0. The van der Waals surface area contributed by atoms with E-state index in [1.165, 1.54) is 18.2 Å². The van der Waals surface area contributed by atoms with Crippen LogP contribution in [0.5, 0.6) is 11.5 Å². The van der Waals surface area contributed by atoms with Gasteiger partial charge in [0.15, 0.2) is 5.96 Å². The van der Waals surface area contributed by atoms with Gasteiger partial charge in [-0.3, -0.25) is 4.99 Å². The molecule has 0 saturated carbocycles. The highest BCUT2D eigenvalue weighted by Gasteiger charge is 2.09. The molecule has 0 amide bonds. The molecule has 0 aliphatic carbocycles. The van der Waals surface area contributed by atoms with E-state index in [0.29, 0.717) is 30.2 Å². The van der Waals surface area contributed by atoms with Crippen LogP contribution in [0.4, 0.5) is 4.39 Å². The summed E-state index contributed by atoms with van der Waals surface area (Å²) in [5, 5.41) is 12.0. The van der Waals surface area contributed by atoms with E-state index < -0.39 is 0 Å². The highest BCUT2D eigenvalue weighted by molar-refractivity contribution is 5.79. The molecule has 2 aromatic carbocycles. The van der Waals surface area contributed by atoms with Gasteiger partial charge in [-0.05, 0) is 42.5 Å². The van der Waals surface area contributed by atoms with E-state index in [-0.39, 0.29) is 12.4 Å². The minimum Gasteiger partial charge on any atom is -0.497 e. The van der Waals surface area contributed by atoms with Crippen molar-refractivity contribution in [1.82, 2.24) is 10.2 Å². The van der Waals surface area contributed by atoms with Crippen LogP contribution in [0.2, 0.25) is 0 Å². The lowest BCUT2D eigenvalue weighted by atomic mass is 10.1. The highest BCUT2D eigenvalue weighted by Crippen LogP contribution is 2.16. The Hall–Kier alpha value is -3.27. The van der Waals surface area contributed by atoms with Gasteiger partial charge < -0.3 is 19.7 Å². The van der Waals surface area contributed by atoms with Gasteiger partial charge in [-0.2, -0.15) is 5.26 Å². The van der Waals surface area contributed by atoms with E-state index in [0.717, 1.165) is 11.5 Å². The Kier molecular flexibility index (Phi) is 7.44. The molecular weight excluding hydrogens is 347 g/mol. The quantitative estimate of drug-likeness (QED) is 0.599. The Morgan fingerprint density at radius 3 is 2.56 bits per heavy atom. The normalized spacial score (nSPS) is 10.9. The number of likely N-dealkylation sites (N-methyl/N-ethyl adjacent to an activating group) is 1. The van der Waals surface area contributed by atoms with Gasteiger partial charge in [0, 0.05) is 26.2 Å². The molecule has 2 rings (SSSR count). The van der Waals surface area contributed by atoms with Gasteiger partial charge in [-0.1, -0.05) is 0 Å². The van der Waals surface area contributed by atoms with Crippen LogP contribution in [0, 0.1) is 17.1 Å². The Balaban J connectivity index is 1.84. The third-order valence-corrected chi connectivity index (χ3v) is 3.94. The fourth-order valence-corrected chi connectivity index (χ4v) is 2.42. The molecule has 0 spiro atoms. The largest absolute Gasteiger partial charge is 0.497 e. The van der Waals surface area contributed by atoms with Crippen molar-refractivity contribution in [3.63, 3.8) is 0 Å². The second-order valence-corrected chi connectivity index (χ2v) is 5.76. The predicted molar refractivity (Wildman–Crippen MR) is 102 cm³/mol. The average Bonchev–Trinajstić information content (AvgIpc) is 2.70. The summed E-state index contributed by atoms with van der Waals surface area (Å²) in [6.07, 6.45) is 0. The molecule has 6 nitrogen and oxygen atoms in total. The maximum atomic E-state index is 13.9. The number of guanidine groups is 1. The molecular formula is C20H23FN4O2. The van der Waals surface area contributed by atoms with Crippen molar-refractivity contribution >= 4 is 5.96 Å². The van der Waals surface area contributed by atoms with Gasteiger partial charge in [-0.15, -0.1) is 0 Å². The maximum Gasteiger partial charge on any atom is 0.193 e. The minimum absolute atomic E-state index is 0.234. The summed E-state index contributed by atoms with van der Waals surface area (Å²) in [6.45, 7) is 1.28. The number of methoxy groups -OCH3 is 1. The van der Waals surface area contributed by atoms with Gasteiger partial charge in [-0.25, -0.2) is 4.39 Å². The first-order valence-corrected chi connectivity index (χ1v) is 8.44. The van der Waals surface area contributed by atoms with Crippen LogP contribution < -0.4 is 14.8 Å². The molecule has 142 valence electrons. The standard InChI is InChI=1S/C20H23FN4O2/c1-23-20(24-14-16-12-15(13-22)4-9-19(16)21)25(2)10-11-27-18-7-5-17(26-3)6-8-18/h4-9,12H,10-11,14H2,1-3H3,(H,23,24). The van der Waals surface area contributed by atoms with Crippen molar-refractivity contribution in [2.45, 2.75) is 6.54 Å². The Labute approximate surface area is 158 Å². The molecule has 0 fully saturated rings. The van der Waals surface area contributed by atoms with Crippen molar-refractivity contribution < 1.29 is 13.9 Å². The van der Waals surface area contributed by atoms with Crippen LogP contribution in [-0.2, 0) is 6.54 Å². The van der Waals surface area contributed by atoms with Crippen LogP contribution in [0.1, 0.15) is 11.1 Å². The SMILES string of the molecule is CN=C(NCc1cc(C#N)ccc1F)N(C)CCOc1ccc(OC)cc1. The molecule has 0 aliphatic heterocycles. The van der Waals surface area contributed by atoms with Crippen LogP contribution in [0.25, 0.3) is 0 Å². The van der Waals surface area contributed by atoms with Crippen LogP contribution in [-0.4, -0.2) is 45.2 Å². The molecule has 0 aliphatic rings. The smallest absolute Gasteiger partial charge is 0.193 e. The highest BCUT2D eigenvalue weighted by atomic mass is 19.1. The summed E-state index contributed by atoms with van der Waals surface area (Å²) in [5.41, 5.74) is 0.836. The molecule has 7 heteroatoms. The average molecular weight is 370 g/mol. The molecule has 0 bridgehead atoms. The number of halogens is 1. The number of aliphatic imine (C=N–C) groups is 1. The first kappa shape index (κ1) is 20.0. The first-order valence-electron chi connectivity index (χ1n) is 8.44. The minimum atomic E-state index is -0.359. The monoisotopic (exact) mass is 370 g/mol. The number of nitrogens with one attached hydrogen (secondary N) is 1. The number of rotatable bonds is 7. The van der Waals surface area contributed by atoms with E-state index in [1.807, 2.05) is 42.3 Å². The topological polar surface area (TPSA) is 69.9 Å². The second-order valence-electron chi connectivity index (χ2n) is 5.76. The molecule has 27 heavy (non-hydrogen) atoms. The van der Waals surface area contributed by atoms with Crippen molar-refractivity contribution in [3.05, 3.63) is 59.4 Å². The Morgan fingerprint density at radius 1 is 1.22 bits per heavy atom. The van der Waals surface area contributed by atoms with Crippen LogP contribution >= 0.6 is 0 Å². The molecule has 0 unspecified atom stereocenters. The third kappa shape index (κ3) is 5.89. The van der Waals surface area contributed by atoms with E-state index in [9.17, 15) is 4.39 Å². The summed E-state index contributed by atoms with van der Waals surface area (Å²) in [4.78, 5) is 6.08. The van der Waals surface area contributed by atoms with Crippen LogP contribution in [0.3, 0.4) is 0 Å². The Bertz CT molecular complexity index is 816. The van der Waals surface area contributed by atoms with Crippen molar-refractivity contribution in [1.29, 1.82) is 5.26 Å². The fraction of sp³-hybridized carbons (Fsp3) is 0.300.